The minimum atomic E-state index is -0.333. The fraction of sp³-hybridized carbons (Fsp3) is 0.222. The zero-order chi connectivity index (χ0) is 16.4. The first-order valence-corrected chi connectivity index (χ1v) is 8.22. The number of carbonyl (C=O) groups excluding carboxylic acids is 1. The van der Waals surface area contributed by atoms with Crippen LogP contribution in [0.15, 0.2) is 47.3 Å². The maximum Gasteiger partial charge on any atom is 0.313 e. The number of carbonyl (C=O) groups is 1. The SMILES string of the molecule is Cc1ccc(C)c(OC(=O)CCn2c(=O)sc3ccccc32)c1. The molecule has 0 unspecified atom stereocenters. The minimum absolute atomic E-state index is 0.0502. The van der Waals surface area contributed by atoms with Gasteiger partial charge in [-0.1, -0.05) is 35.6 Å². The molecule has 118 valence electrons. The molecular weight excluding hydrogens is 310 g/mol. The third-order valence-electron chi connectivity index (χ3n) is 3.68. The Balaban J connectivity index is 1.72. The predicted octanol–water partition coefficient (Wildman–Crippen LogP) is 3.68. The molecular formula is C18H17NO3S. The van der Waals surface area contributed by atoms with Gasteiger partial charge in [-0.2, -0.15) is 0 Å². The summed E-state index contributed by atoms with van der Waals surface area (Å²) >= 11 is 1.19. The molecule has 0 bridgehead atoms. The number of ether oxygens (including phenoxy) is 1. The highest BCUT2D eigenvalue weighted by molar-refractivity contribution is 7.16. The number of benzene rings is 2. The van der Waals surface area contributed by atoms with Crippen molar-refractivity contribution < 1.29 is 9.53 Å². The van der Waals surface area contributed by atoms with Gasteiger partial charge in [0.15, 0.2) is 0 Å². The minimum Gasteiger partial charge on any atom is -0.426 e. The van der Waals surface area contributed by atoms with Gasteiger partial charge in [-0.15, -0.1) is 0 Å². The lowest BCUT2D eigenvalue weighted by Gasteiger charge is -2.08. The summed E-state index contributed by atoms with van der Waals surface area (Å²) in [5.41, 5.74) is 2.82. The van der Waals surface area contributed by atoms with Crippen molar-refractivity contribution in [1.82, 2.24) is 4.57 Å². The van der Waals surface area contributed by atoms with Gasteiger partial charge >= 0.3 is 10.8 Å². The smallest absolute Gasteiger partial charge is 0.313 e. The molecule has 0 N–H and O–H groups in total. The Morgan fingerprint density at radius 2 is 1.96 bits per heavy atom. The number of thiazole rings is 1. The lowest BCUT2D eigenvalue weighted by molar-refractivity contribution is -0.134. The van der Waals surface area contributed by atoms with Crippen LogP contribution in [0.25, 0.3) is 10.2 Å². The van der Waals surface area contributed by atoms with E-state index in [2.05, 4.69) is 0 Å². The largest absolute Gasteiger partial charge is 0.426 e. The molecule has 0 fully saturated rings. The predicted molar refractivity (Wildman–Crippen MR) is 92.3 cm³/mol. The second kappa shape index (κ2) is 6.38. The van der Waals surface area contributed by atoms with E-state index in [-0.39, 0.29) is 17.3 Å². The summed E-state index contributed by atoms with van der Waals surface area (Å²) in [7, 11) is 0. The first-order chi connectivity index (χ1) is 11.0. The van der Waals surface area contributed by atoms with E-state index in [4.69, 9.17) is 4.74 Å². The fourth-order valence-corrected chi connectivity index (χ4v) is 3.34. The molecule has 0 saturated carbocycles. The van der Waals surface area contributed by atoms with Crippen molar-refractivity contribution >= 4 is 27.5 Å². The van der Waals surface area contributed by atoms with Gasteiger partial charge in [0.2, 0.25) is 0 Å². The zero-order valence-corrected chi connectivity index (χ0v) is 13.9. The van der Waals surface area contributed by atoms with E-state index < -0.39 is 0 Å². The molecule has 0 spiro atoms. The highest BCUT2D eigenvalue weighted by atomic mass is 32.1. The van der Waals surface area contributed by atoms with Crippen molar-refractivity contribution in [3.63, 3.8) is 0 Å². The number of fused-ring (bicyclic) bond motifs is 1. The van der Waals surface area contributed by atoms with Crippen LogP contribution in [-0.2, 0) is 11.3 Å². The number of rotatable bonds is 4. The first-order valence-electron chi connectivity index (χ1n) is 7.41. The standard InChI is InChI=1S/C18H17NO3S/c1-12-7-8-13(2)15(11-12)22-17(20)9-10-19-14-5-3-4-6-16(14)23-18(19)21/h3-8,11H,9-10H2,1-2H3. The lowest BCUT2D eigenvalue weighted by Crippen LogP contribution is -2.18. The summed E-state index contributed by atoms with van der Waals surface area (Å²) in [4.78, 5) is 24.1. The number of nitrogens with zero attached hydrogens (tertiary/aromatic N) is 1. The van der Waals surface area contributed by atoms with Crippen molar-refractivity contribution in [2.45, 2.75) is 26.8 Å². The van der Waals surface area contributed by atoms with E-state index in [9.17, 15) is 9.59 Å². The summed E-state index contributed by atoms with van der Waals surface area (Å²) in [5, 5.41) is 0. The molecule has 1 heterocycles. The van der Waals surface area contributed by atoms with Crippen molar-refractivity contribution in [2.75, 3.05) is 0 Å². The molecule has 5 heteroatoms. The molecule has 2 aromatic carbocycles. The third-order valence-corrected chi connectivity index (χ3v) is 4.64. The van der Waals surface area contributed by atoms with E-state index in [0.717, 1.165) is 21.3 Å². The number of aromatic nitrogens is 1. The Labute approximate surface area is 138 Å². The molecule has 0 aliphatic carbocycles. The van der Waals surface area contributed by atoms with Crippen molar-refractivity contribution in [2.24, 2.45) is 0 Å². The van der Waals surface area contributed by atoms with Gasteiger partial charge in [0, 0.05) is 6.54 Å². The number of aryl methyl sites for hydroxylation is 3. The van der Waals surface area contributed by atoms with Gasteiger partial charge in [0.25, 0.3) is 0 Å². The normalized spacial score (nSPS) is 10.9. The summed E-state index contributed by atoms with van der Waals surface area (Å²) in [6.07, 6.45) is 0.161. The molecule has 3 rings (SSSR count). The molecule has 0 saturated heterocycles. The van der Waals surface area contributed by atoms with E-state index in [0.29, 0.717) is 12.3 Å². The van der Waals surface area contributed by atoms with Crippen LogP contribution in [0.5, 0.6) is 5.75 Å². The first kappa shape index (κ1) is 15.5. The van der Waals surface area contributed by atoms with Gasteiger partial charge in [-0.05, 0) is 43.2 Å². The van der Waals surface area contributed by atoms with Crippen LogP contribution in [0.1, 0.15) is 17.5 Å². The van der Waals surface area contributed by atoms with E-state index in [1.165, 1.54) is 11.3 Å². The molecule has 0 aliphatic rings. The average Bonchev–Trinajstić information content (AvgIpc) is 2.84. The molecule has 3 aromatic rings. The van der Waals surface area contributed by atoms with Crippen molar-refractivity contribution in [3.8, 4) is 5.75 Å². The topological polar surface area (TPSA) is 48.3 Å². The van der Waals surface area contributed by atoms with E-state index in [1.807, 2.05) is 56.3 Å². The number of esters is 1. The highest BCUT2D eigenvalue weighted by Gasteiger charge is 2.11. The molecule has 1 aromatic heterocycles. The summed E-state index contributed by atoms with van der Waals surface area (Å²) < 4.78 is 7.99. The average molecular weight is 327 g/mol. The molecule has 4 nitrogen and oxygen atoms in total. The van der Waals surface area contributed by atoms with Crippen molar-refractivity contribution in [3.05, 3.63) is 63.3 Å². The van der Waals surface area contributed by atoms with E-state index >= 15 is 0 Å². The maximum absolute atomic E-state index is 12.1. The zero-order valence-electron chi connectivity index (χ0n) is 13.0. The third kappa shape index (κ3) is 3.35. The maximum atomic E-state index is 12.1. The van der Waals surface area contributed by atoms with Gasteiger partial charge < -0.3 is 4.74 Å². The summed E-state index contributed by atoms with van der Waals surface area (Å²) in [6, 6.07) is 13.3. The molecule has 0 atom stereocenters. The second-order valence-corrected chi connectivity index (χ2v) is 6.47. The monoisotopic (exact) mass is 327 g/mol. The fourth-order valence-electron chi connectivity index (χ4n) is 2.42. The van der Waals surface area contributed by atoms with Gasteiger partial charge in [0.05, 0.1) is 16.6 Å². The molecule has 23 heavy (non-hydrogen) atoms. The van der Waals surface area contributed by atoms with Crippen molar-refractivity contribution in [1.29, 1.82) is 0 Å². The Morgan fingerprint density at radius 3 is 2.78 bits per heavy atom. The quantitative estimate of drug-likeness (QED) is 0.542. The highest BCUT2D eigenvalue weighted by Crippen LogP contribution is 2.20. The Kier molecular flexibility index (Phi) is 4.30. The van der Waals surface area contributed by atoms with Crippen LogP contribution in [-0.4, -0.2) is 10.5 Å². The second-order valence-electron chi connectivity index (χ2n) is 5.48. The number of hydrogen-bond donors (Lipinski definition) is 0. The summed E-state index contributed by atoms with van der Waals surface area (Å²) in [6.45, 7) is 4.18. The van der Waals surface area contributed by atoms with Gasteiger partial charge in [-0.25, -0.2) is 0 Å². The van der Waals surface area contributed by atoms with Crippen LogP contribution >= 0.6 is 11.3 Å². The Hall–Kier alpha value is -2.40. The molecule has 0 amide bonds. The van der Waals surface area contributed by atoms with Gasteiger partial charge in [0.1, 0.15) is 5.75 Å². The van der Waals surface area contributed by atoms with Crippen LogP contribution in [0, 0.1) is 13.8 Å². The van der Waals surface area contributed by atoms with Crippen LogP contribution < -0.4 is 9.61 Å². The Morgan fingerprint density at radius 1 is 1.17 bits per heavy atom. The van der Waals surface area contributed by atoms with E-state index in [1.54, 1.807) is 4.57 Å². The lowest BCUT2D eigenvalue weighted by atomic mass is 10.1. The van der Waals surface area contributed by atoms with Crippen LogP contribution in [0.2, 0.25) is 0 Å². The van der Waals surface area contributed by atoms with Gasteiger partial charge in [-0.3, -0.25) is 14.2 Å². The van der Waals surface area contributed by atoms with Crippen LogP contribution in [0.4, 0.5) is 0 Å². The summed E-state index contributed by atoms with van der Waals surface area (Å²) in [5.74, 6) is 0.249. The number of hydrogen-bond acceptors (Lipinski definition) is 4. The molecule has 0 aliphatic heterocycles. The molecule has 0 radical (unpaired) electrons. The number of para-hydroxylation sites is 1. The Bertz CT molecular complexity index is 923. The van der Waals surface area contributed by atoms with Crippen LogP contribution in [0.3, 0.4) is 0 Å².